The Morgan fingerprint density at radius 3 is 2.91 bits per heavy atom. The van der Waals surface area contributed by atoms with E-state index in [1.165, 1.54) is 0 Å². The summed E-state index contributed by atoms with van der Waals surface area (Å²) in [4.78, 5) is 1.05. The summed E-state index contributed by atoms with van der Waals surface area (Å²) < 4.78 is 1.06. The van der Waals surface area contributed by atoms with E-state index in [-0.39, 0.29) is 6.04 Å². The fourth-order valence-corrected chi connectivity index (χ4v) is 2.15. The van der Waals surface area contributed by atoms with E-state index < -0.39 is 0 Å². The van der Waals surface area contributed by atoms with E-state index in [1.807, 2.05) is 18.2 Å². The largest absolute Gasteiger partial charge is 0.322 e. The van der Waals surface area contributed by atoms with Crippen LogP contribution in [0.1, 0.15) is 17.3 Å². The number of rotatable bonds is 2. The molecule has 2 N–H and O–H groups in total. The van der Waals surface area contributed by atoms with Gasteiger partial charge in [0.1, 0.15) is 0 Å². The molecule has 0 saturated heterocycles. The van der Waals surface area contributed by atoms with Crippen LogP contribution in [-0.4, -0.2) is 0 Å². The van der Waals surface area contributed by atoms with Crippen LogP contribution >= 0.6 is 27.3 Å². The van der Waals surface area contributed by atoms with E-state index in [2.05, 4.69) is 15.9 Å². The lowest BCUT2D eigenvalue weighted by Gasteiger charge is -2.01. The van der Waals surface area contributed by atoms with E-state index in [9.17, 15) is 0 Å². The average Bonchev–Trinajstić information content (AvgIpc) is 2.36. The van der Waals surface area contributed by atoms with E-state index >= 15 is 0 Å². The van der Waals surface area contributed by atoms with E-state index in [0.29, 0.717) is 6.42 Å². The summed E-state index contributed by atoms with van der Waals surface area (Å²) in [5.41, 5.74) is 5.69. The van der Waals surface area contributed by atoms with Gasteiger partial charge < -0.3 is 5.73 Å². The zero-order valence-corrected chi connectivity index (χ0v) is 8.15. The number of nitriles is 1. The summed E-state index contributed by atoms with van der Waals surface area (Å²) in [7, 11) is 0. The first-order valence-electron chi connectivity index (χ1n) is 3.12. The Morgan fingerprint density at radius 2 is 2.45 bits per heavy atom. The van der Waals surface area contributed by atoms with Crippen molar-refractivity contribution in [1.29, 1.82) is 5.26 Å². The molecule has 1 aromatic heterocycles. The maximum Gasteiger partial charge on any atom is 0.0701 e. The van der Waals surface area contributed by atoms with Gasteiger partial charge in [0.15, 0.2) is 0 Å². The molecule has 0 amide bonds. The molecule has 0 fully saturated rings. The van der Waals surface area contributed by atoms with Crippen LogP contribution in [0.3, 0.4) is 0 Å². The van der Waals surface area contributed by atoms with Crippen molar-refractivity contribution in [2.45, 2.75) is 12.5 Å². The molecule has 0 radical (unpaired) electrons. The molecule has 0 aromatic carbocycles. The number of hydrogen-bond acceptors (Lipinski definition) is 3. The molecule has 58 valence electrons. The minimum absolute atomic E-state index is 0.128. The zero-order valence-electron chi connectivity index (χ0n) is 5.75. The van der Waals surface area contributed by atoms with Gasteiger partial charge in [0.25, 0.3) is 0 Å². The summed E-state index contributed by atoms with van der Waals surface area (Å²) in [6, 6.07) is 5.80. The molecule has 4 heteroatoms. The van der Waals surface area contributed by atoms with Gasteiger partial charge in [0.05, 0.1) is 22.3 Å². The molecule has 1 rings (SSSR count). The highest BCUT2D eigenvalue weighted by Crippen LogP contribution is 2.27. The first kappa shape index (κ1) is 8.72. The van der Waals surface area contributed by atoms with Crippen molar-refractivity contribution in [1.82, 2.24) is 0 Å². The van der Waals surface area contributed by atoms with Gasteiger partial charge in [-0.05, 0) is 28.1 Å². The maximum absolute atomic E-state index is 8.37. The highest BCUT2D eigenvalue weighted by molar-refractivity contribution is 9.11. The second-order valence-electron chi connectivity index (χ2n) is 2.11. The van der Waals surface area contributed by atoms with Crippen LogP contribution < -0.4 is 5.73 Å². The lowest BCUT2D eigenvalue weighted by atomic mass is 10.2. The first-order chi connectivity index (χ1) is 5.24. The van der Waals surface area contributed by atoms with Crippen LogP contribution in [0.25, 0.3) is 0 Å². The van der Waals surface area contributed by atoms with Gasteiger partial charge in [-0.3, -0.25) is 0 Å². The molecule has 1 atom stereocenters. The second kappa shape index (κ2) is 3.86. The minimum Gasteiger partial charge on any atom is -0.322 e. The number of hydrogen-bond donors (Lipinski definition) is 1. The summed E-state index contributed by atoms with van der Waals surface area (Å²) in [5, 5.41) is 8.37. The molecule has 0 bridgehead atoms. The Kier molecular flexibility index (Phi) is 3.06. The van der Waals surface area contributed by atoms with Crippen molar-refractivity contribution in [2.24, 2.45) is 5.73 Å². The predicted molar refractivity (Wildman–Crippen MR) is 49.2 cm³/mol. The standard InChI is InChI=1S/C7H7BrN2S/c8-7-2-1-6(11-7)5(10)3-4-9/h1-2,5H,3,10H2/t5-/m0/s1. The van der Waals surface area contributed by atoms with Crippen LogP contribution in [0, 0.1) is 11.3 Å². The van der Waals surface area contributed by atoms with Gasteiger partial charge in [0.2, 0.25) is 0 Å². The Labute approximate surface area is 77.8 Å². The molecule has 0 aliphatic rings. The lowest BCUT2D eigenvalue weighted by Crippen LogP contribution is -2.06. The van der Waals surface area contributed by atoms with Crippen molar-refractivity contribution < 1.29 is 0 Å². The topological polar surface area (TPSA) is 49.8 Å². The lowest BCUT2D eigenvalue weighted by molar-refractivity contribution is 0.765. The molecule has 0 saturated carbocycles. The monoisotopic (exact) mass is 230 g/mol. The summed E-state index contributed by atoms with van der Waals surface area (Å²) >= 11 is 4.91. The van der Waals surface area contributed by atoms with Gasteiger partial charge in [-0.1, -0.05) is 0 Å². The molecule has 0 spiro atoms. The first-order valence-corrected chi connectivity index (χ1v) is 4.72. The quantitative estimate of drug-likeness (QED) is 0.849. The summed E-state index contributed by atoms with van der Waals surface area (Å²) in [5.74, 6) is 0. The molecule has 1 aromatic rings. The Bertz CT molecular complexity index is 276. The molecular weight excluding hydrogens is 224 g/mol. The van der Waals surface area contributed by atoms with Crippen molar-refractivity contribution in [3.05, 3.63) is 20.8 Å². The molecule has 11 heavy (non-hydrogen) atoms. The van der Waals surface area contributed by atoms with Gasteiger partial charge in [-0.2, -0.15) is 5.26 Å². The Morgan fingerprint density at radius 1 is 1.73 bits per heavy atom. The highest BCUT2D eigenvalue weighted by atomic mass is 79.9. The van der Waals surface area contributed by atoms with Gasteiger partial charge in [-0.25, -0.2) is 0 Å². The number of nitrogens with two attached hydrogens (primary N) is 1. The van der Waals surface area contributed by atoms with Crippen molar-refractivity contribution >= 4 is 27.3 Å². The predicted octanol–water partition coefficient (Wildman–Crippen LogP) is 2.42. The molecule has 0 aliphatic carbocycles. The van der Waals surface area contributed by atoms with Gasteiger partial charge in [-0.15, -0.1) is 11.3 Å². The van der Waals surface area contributed by atoms with Crippen LogP contribution in [0.4, 0.5) is 0 Å². The number of nitrogens with zero attached hydrogens (tertiary/aromatic N) is 1. The molecule has 0 aliphatic heterocycles. The van der Waals surface area contributed by atoms with E-state index in [0.717, 1.165) is 8.66 Å². The smallest absolute Gasteiger partial charge is 0.0701 e. The van der Waals surface area contributed by atoms with Crippen LogP contribution in [0.5, 0.6) is 0 Å². The van der Waals surface area contributed by atoms with Crippen molar-refractivity contribution in [2.75, 3.05) is 0 Å². The average molecular weight is 231 g/mol. The molecule has 1 heterocycles. The molecule has 0 unspecified atom stereocenters. The van der Waals surface area contributed by atoms with Crippen LogP contribution in [0.2, 0.25) is 0 Å². The Hall–Kier alpha value is -0.370. The van der Waals surface area contributed by atoms with Crippen LogP contribution in [-0.2, 0) is 0 Å². The fraction of sp³-hybridized carbons (Fsp3) is 0.286. The normalized spacial score (nSPS) is 12.5. The SMILES string of the molecule is N#CC[C@H](N)c1ccc(Br)s1. The van der Waals surface area contributed by atoms with Gasteiger partial charge >= 0.3 is 0 Å². The fourth-order valence-electron chi connectivity index (χ4n) is 0.727. The number of halogens is 1. The minimum atomic E-state index is -0.128. The van der Waals surface area contributed by atoms with E-state index in [1.54, 1.807) is 11.3 Å². The highest BCUT2D eigenvalue weighted by Gasteiger charge is 2.06. The zero-order chi connectivity index (χ0) is 8.27. The summed E-state index contributed by atoms with van der Waals surface area (Å²) in [6.45, 7) is 0. The van der Waals surface area contributed by atoms with Crippen LogP contribution in [0.15, 0.2) is 15.9 Å². The number of thiophene rings is 1. The van der Waals surface area contributed by atoms with Gasteiger partial charge in [0, 0.05) is 4.88 Å². The maximum atomic E-state index is 8.37. The third-order valence-corrected chi connectivity index (χ3v) is 3.03. The van der Waals surface area contributed by atoms with E-state index in [4.69, 9.17) is 11.0 Å². The third-order valence-electron chi connectivity index (χ3n) is 1.27. The summed E-state index contributed by atoms with van der Waals surface area (Å²) in [6.07, 6.45) is 0.382. The van der Waals surface area contributed by atoms with Crippen molar-refractivity contribution in [3.63, 3.8) is 0 Å². The third kappa shape index (κ3) is 2.29. The van der Waals surface area contributed by atoms with Crippen molar-refractivity contribution in [3.8, 4) is 6.07 Å². The molecule has 2 nitrogen and oxygen atoms in total. The molecular formula is C7H7BrN2S. The second-order valence-corrected chi connectivity index (χ2v) is 4.61. The Balaban J connectivity index is 2.70.